The van der Waals surface area contributed by atoms with E-state index in [4.69, 9.17) is 0 Å². The molecule has 3 rings (SSSR count). The van der Waals surface area contributed by atoms with Crippen LogP contribution in [0.4, 0.5) is 19.0 Å². The van der Waals surface area contributed by atoms with Crippen LogP contribution in [0.25, 0.3) is 11.3 Å². The third-order valence-corrected chi connectivity index (χ3v) is 4.97. The quantitative estimate of drug-likeness (QED) is 0.882. The predicted octanol–water partition coefficient (Wildman–Crippen LogP) is 4.29. The number of benzene rings is 1. The number of likely N-dealkylation sites (tertiary alicyclic amines) is 1. The van der Waals surface area contributed by atoms with E-state index in [0.29, 0.717) is 17.3 Å². The molecule has 26 heavy (non-hydrogen) atoms. The van der Waals surface area contributed by atoms with Gasteiger partial charge in [0.15, 0.2) is 5.82 Å². The average molecular weight is 364 g/mol. The highest BCUT2D eigenvalue weighted by molar-refractivity contribution is 5.66. The van der Waals surface area contributed by atoms with Crippen molar-refractivity contribution in [1.29, 1.82) is 0 Å². The highest BCUT2D eigenvalue weighted by atomic mass is 19.4. The van der Waals surface area contributed by atoms with Crippen molar-refractivity contribution < 1.29 is 13.2 Å². The van der Waals surface area contributed by atoms with E-state index in [1.54, 1.807) is 0 Å². The number of likely N-dealkylation sites (N-methyl/N-ethyl adjacent to an activating group) is 1. The van der Waals surface area contributed by atoms with Crippen molar-refractivity contribution in [3.05, 3.63) is 41.0 Å². The Labute approximate surface area is 151 Å². The van der Waals surface area contributed by atoms with Gasteiger partial charge in [0.1, 0.15) is 0 Å². The van der Waals surface area contributed by atoms with Crippen molar-refractivity contribution in [3.63, 3.8) is 0 Å². The van der Waals surface area contributed by atoms with E-state index in [9.17, 15) is 13.2 Å². The van der Waals surface area contributed by atoms with Gasteiger partial charge < -0.3 is 10.2 Å². The summed E-state index contributed by atoms with van der Waals surface area (Å²) < 4.78 is 38.2. The molecule has 0 saturated carbocycles. The molecule has 1 saturated heterocycles. The van der Waals surface area contributed by atoms with Crippen LogP contribution in [-0.4, -0.2) is 41.3 Å². The first-order chi connectivity index (χ1) is 12.3. The molecule has 0 bridgehead atoms. The molecule has 0 aliphatic carbocycles. The minimum absolute atomic E-state index is 0.332. The lowest BCUT2D eigenvalue weighted by Gasteiger charge is -2.31. The molecular weight excluding hydrogens is 341 g/mol. The summed E-state index contributed by atoms with van der Waals surface area (Å²) in [5, 5.41) is 12.0. The number of rotatable bonds is 3. The fraction of sp³-hybridized carbons (Fsp3) is 0.474. The number of nitrogens with zero attached hydrogens (tertiary/aromatic N) is 3. The fourth-order valence-corrected chi connectivity index (χ4v) is 3.31. The number of aromatic nitrogens is 2. The van der Waals surface area contributed by atoms with Gasteiger partial charge in [-0.05, 0) is 63.5 Å². The molecule has 1 aromatic carbocycles. The van der Waals surface area contributed by atoms with Crippen molar-refractivity contribution in [1.82, 2.24) is 15.1 Å². The largest absolute Gasteiger partial charge is 0.416 e. The van der Waals surface area contributed by atoms with Gasteiger partial charge in [0.05, 0.1) is 11.3 Å². The molecule has 0 radical (unpaired) electrons. The summed E-state index contributed by atoms with van der Waals surface area (Å²) in [6.45, 7) is 5.96. The zero-order valence-electron chi connectivity index (χ0n) is 15.2. The summed E-state index contributed by atoms with van der Waals surface area (Å²) in [6, 6.07) is 5.38. The van der Waals surface area contributed by atoms with Gasteiger partial charge in [0, 0.05) is 18.2 Å². The summed E-state index contributed by atoms with van der Waals surface area (Å²) in [5.41, 5.74) is 2.48. The standard InChI is InChI=1S/C19H23F3N4/c1-12-13(2)18(23-16-5-4-10-26(3)11-16)25-24-17(12)14-6-8-15(9-7-14)19(20,21)22/h6-9,16H,4-5,10-11H2,1-3H3,(H,23,25)/t16-/m1/s1. The fourth-order valence-electron chi connectivity index (χ4n) is 3.31. The normalized spacial score (nSPS) is 18.8. The van der Waals surface area contributed by atoms with E-state index in [1.165, 1.54) is 12.1 Å². The van der Waals surface area contributed by atoms with Crippen molar-refractivity contribution in [2.24, 2.45) is 0 Å². The molecule has 0 unspecified atom stereocenters. The molecule has 1 fully saturated rings. The van der Waals surface area contributed by atoms with Crippen LogP contribution in [0, 0.1) is 13.8 Å². The molecule has 1 N–H and O–H groups in total. The van der Waals surface area contributed by atoms with Crippen molar-refractivity contribution in [3.8, 4) is 11.3 Å². The van der Waals surface area contributed by atoms with Gasteiger partial charge >= 0.3 is 6.18 Å². The zero-order valence-corrected chi connectivity index (χ0v) is 15.2. The average Bonchev–Trinajstić information content (AvgIpc) is 2.59. The van der Waals surface area contributed by atoms with Crippen LogP contribution in [-0.2, 0) is 6.18 Å². The minimum Gasteiger partial charge on any atom is -0.364 e. The lowest BCUT2D eigenvalue weighted by molar-refractivity contribution is -0.137. The minimum atomic E-state index is -4.34. The zero-order chi connectivity index (χ0) is 18.9. The number of anilines is 1. The smallest absolute Gasteiger partial charge is 0.364 e. The molecule has 1 aromatic heterocycles. The molecule has 1 aliphatic rings. The summed E-state index contributed by atoms with van der Waals surface area (Å²) in [6.07, 6.45) is -2.11. The molecule has 0 spiro atoms. The predicted molar refractivity (Wildman–Crippen MR) is 96.1 cm³/mol. The Hall–Kier alpha value is -2.15. The van der Waals surface area contributed by atoms with E-state index >= 15 is 0 Å². The maximum absolute atomic E-state index is 12.7. The molecule has 7 heteroatoms. The molecule has 2 aromatic rings. The first-order valence-corrected chi connectivity index (χ1v) is 8.72. The number of nitrogens with one attached hydrogen (secondary N) is 1. The van der Waals surface area contributed by atoms with E-state index in [-0.39, 0.29) is 0 Å². The number of halogens is 3. The Kier molecular flexibility index (Phi) is 5.18. The van der Waals surface area contributed by atoms with Crippen LogP contribution in [0.2, 0.25) is 0 Å². The van der Waals surface area contributed by atoms with Gasteiger partial charge in [0.25, 0.3) is 0 Å². The molecule has 0 amide bonds. The molecule has 140 valence electrons. The Morgan fingerprint density at radius 3 is 2.38 bits per heavy atom. The number of piperidine rings is 1. The maximum atomic E-state index is 12.7. The van der Waals surface area contributed by atoms with Gasteiger partial charge in [-0.3, -0.25) is 0 Å². The highest BCUT2D eigenvalue weighted by Crippen LogP contribution is 2.32. The van der Waals surface area contributed by atoms with Gasteiger partial charge in [-0.25, -0.2) is 0 Å². The Morgan fingerprint density at radius 2 is 1.77 bits per heavy atom. The summed E-state index contributed by atoms with van der Waals surface area (Å²) >= 11 is 0. The van der Waals surface area contributed by atoms with Crippen LogP contribution in [0.15, 0.2) is 24.3 Å². The molecule has 1 aliphatic heterocycles. The van der Waals surface area contributed by atoms with Crippen molar-refractivity contribution in [2.45, 2.75) is 38.9 Å². The SMILES string of the molecule is Cc1c(N[C@@H]2CCCN(C)C2)nnc(-c2ccc(C(F)(F)F)cc2)c1C. The Balaban J connectivity index is 1.83. The first kappa shape index (κ1) is 18.6. The second kappa shape index (κ2) is 7.23. The van der Waals surface area contributed by atoms with Crippen LogP contribution in [0.3, 0.4) is 0 Å². The van der Waals surface area contributed by atoms with Gasteiger partial charge in [0.2, 0.25) is 0 Å². The van der Waals surface area contributed by atoms with Crippen LogP contribution in [0.1, 0.15) is 29.5 Å². The van der Waals surface area contributed by atoms with Crippen LogP contribution < -0.4 is 5.32 Å². The molecule has 1 atom stereocenters. The van der Waals surface area contributed by atoms with Crippen molar-refractivity contribution >= 4 is 5.82 Å². The molecule has 4 nitrogen and oxygen atoms in total. The second-order valence-corrected chi connectivity index (χ2v) is 6.97. The topological polar surface area (TPSA) is 41.0 Å². The second-order valence-electron chi connectivity index (χ2n) is 6.97. The molecule has 2 heterocycles. The van der Waals surface area contributed by atoms with Crippen LogP contribution in [0.5, 0.6) is 0 Å². The third kappa shape index (κ3) is 3.98. The number of hydrogen-bond acceptors (Lipinski definition) is 4. The monoisotopic (exact) mass is 364 g/mol. The summed E-state index contributed by atoms with van der Waals surface area (Å²) in [4.78, 5) is 2.29. The summed E-state index contributed by atoms with van der Waals surface area (Å²) in [5.74, 6) is 0.749. The van der Waals surface area contributed by atoms with E-state index in [0.717, 1.165) is 55.0 Å². The number of alkyl halides is 3. The van der Waals surface area contributed by atoms with Gasteiger partial charge in [-0.2, -0.15) is 13.2 Å². The maximum Gasteiger partial charge on any atom is 0.416 e. The Bertz CT molecular complexity index is 772. The summed E-state index contributed by atoms with van der Waals surface area (Å²) in [7, 11) is 2.10. The van der Waals surface area contributed by atoms with E-state index < -0.39 is 11.7 Å². The number of hydrogen-bond donors (Lipinski definition) is 1. The van der Waals surface area contributed by atoms with Crippen molar-refractivity contribution in [2.75, 3.05) is 25.5 Å². The third-order valence-electron chi connectivity index (χ3n) is 4.97. The van der Waals surface area contributed by atoms with E-state index in [1.807, 2.05) is 13.8 Å². The van der Waals surface area contributed by atoms with Crippen LogP contribution >= 0.6 is 0 Å². The Morgan fingerprint density at radius 1 is 1.08 bits per heavy atom. The lowest BCUT2D eigenvalue weighted by Crippen LogP contribution is -2.40. The first-order valence-electron chi connectivity index (χ1n) is 8.72. The molecular formula is C19H23F3N4. The van der Waals surface area contributed by atoms with Gasteiger partial charge in [-0.1, -0.05) is 12.1 Å². The van der Waals surface area contributed by atoms with E-state index in [2.05, 4.69) is 27.5 Å². The highest BCUT2D eigenvalue weighted by Gasteiger charge is 2.30. The lowest BCUT2D eigenvalue weighted by atomic mass is 10.0. The van der Waals surface area contributed by atoms with Gasteiger partial charge in [-0.15, -0.1) is 10.2 Å².